The highest BCUT2D eigenvalue weighted by Gasteiger charge is 1.93. The lowest BCUT2D eigenvalue weighted by atomic mass is 10.1. The van der Waals surface area contributed by atoms with E-state index in [1.807, 2.05) is 42.5 Å². The van der Waals surface area contributed by atoms with Gasteiger partial charge >= 0.3 is 0 Å². The van der Waals surface area contributed by atoms with E-state index < -0.39 is 0 Å². The molecule has 0 aliphatic carbocycles. The highest BCUT2D eigenvalue weighted by Crippen LogP contribution is 2.10. The molecule has 2 aromatic rings. The summed E-state index contributed by atoms with van der Waals surface area (Å²) < 4.78 is 0. The fourth-order valence-corrected chi connectivity index (χ4v) is 1.77. The van der Waals surface area contributed by atoms with Crippen molar-refractivity contribution in [2.45, 2.75) is 6.54 Å². The van der Waals surface area contributed by atoms with Crippen LogP contribution in [0.15, 0.2) is 66.7 Å². The van der Waals surface area contributed by atoms with E-state index in [1.165, 1.54) is 16.7 Å². The van der Waals surface area contributed by atoms with Gasteiger partial charge in [-0.1, -0.05) is 78.9 Å². The van der Waals surface area contributed by atoms with E-state index in [4.69, 9.17) is 5.73 Å². The molecule has 0 atom stereocenters. The molecule has 0 radical (unpaired) electrons. The van der Waals surface area contributed by atoms with Crippen molar-refractivity contribution in [3.8, 4) is 0 Å². The van der Waals surface area contributed by atoms with Crippen LogP contribution >= 0.6 is 0 Å². The van der Waals surface area contributed by atoms with Gasteiger partial charge in [-0.25, -0.2) is 0 Å². The van der Waals surface area contributed by atoms with Gasteiger partial charge in [0.05, 0.1) is 0 Å². The molecule has 18 heavy (non-hydrogen) atoms. The Bertz CT molecular complexity index is 539. The predicted octanol–water partition coefficient (Wildman–Crippen LogP) is 3.87. The number of hydrogen-bond donors (Lipinski definition) is 1. The van der Waals surface area contributed by atoms with Crippen molar-refractivity contribution in [1.82, 2.24) is 0 Å². The van der Waals surface area contributed by atoms with Crippen LogP contribution in [-0.2, 0) is 6.54 Å². The fraction of sp³-hybridized carbons (Fsp3) is 0.0588. The van der Waals surface area contributed by atoms with Gasteiger partial charge in [-0.15, -0.1) is 0 Å². The zero-order chi connectivity index (χ0) is 12.6. The van der Waals surface area contributed by atoms with Crippen molar-refractivity contribution in [2.75, 3.05) is 0 Å². The molecule has 0 saturated heterocycles. The summed E-state index contributed by atoms with van der Waals surface area (Å²) in [5, 5.41) is 0. The monoisotopic (exact) mass is 235 g/mol. The first-order valence-electron chi connectivity index (χ1n) is 6.08. The van der Waals surface area contributed by atoms with Crippen molar-refractivity contribution in [3.05, 3.63) is 83.4 Å². The van der Waals surface area contributed by atoms with Crippen LogP contribution in [0.25, 0.3) is 12.2 Å². The van der Waals surface area contributed by atoms with Gasteiger partial charge in [0.15, 0.2) is 0 Å². The third-order valence-corrected chi connectivity index (χ3v) is 2.75. The molecule has 0 aliphatic rings. The van der Waals surface area contributed by atoms with E-state index in [-0.39, 0.29) is 0 Å². The summed E-state index contributed by atoms with van der Waals surface area (Å²) >= 11 is 0. The molecule has 2 N–H and O–H groups in total. The Morgan fingerprint density at radius 2 is 1.44 bits per heavy atom. The van der Waals surface area contributed by atoms with Crippen molar-refractivity contribution in [3.63, 3.8) is 0 Å². The topological polar surface area (TPSA) is 26.0 Å². The van der Waals surface area contributed by atoms with E-state index in [9.17, 15) is 0 Å². The van der Waals surface area contributed by atoms with Crippen LogP contribution < -0.4 is 5.73 Å². The zero-order valence-electron chi connectivity index (χ0n) is 10.3. The summed E-state index contributed by atoms with van der Waals surface area (Å²) in [7, 11) is 0. The second-order valence-corrected chi connectivity index (χ2v) is 4.03. The average Bonchev–Trinajstić information content (AvgIpc) is 2.45. The van der Waals surface area contributed by atoms with Crippen LogP contribution in [0.5, 0.6) is 0 Å². The average molecular weight is 235 g/mol. The number of hydrogen-bond acceptors (Lipinski definition) is 1. The molecule has 0 aliphatic heterocycles. The lowest BCUT2D eigenvalue weighted by Gasteiger charge is -2.00. The summed E-state index contributed by atoms with van der Waals surface area (Å²) in [6, 6.07) is 18.4. The number of benzene rings is 2. The van der Waals surface area contributed by atoms with Crippen LogP contribution in [0, 0.1) is 0 Å². The van der Waals surface area contributed by atoms with Gasteiger partial charge in [0.2, 0.25) is 0 Å². The fourth-order valence-electron chi connectivity index (χ4n) is 1.77. The minimum absolute atomic E-state index is 0.572. The van der Waals surface area contributed by atoms with Crippen molar-refractivity contribution < 1.29 is 0 Å². The molecule has 0 heterocycles. The lowest BCUT2D eigenvalue weighted by Crippen LogP contribution is -1.97. The Morgan fingerprint density at radius 3 is 2.22 bits per heavy atom. The van der Waals surface area contributed by atoms with Crippen molar-refractivity contribution in [2.24, 2.45) is 5.73 Å². The highest BCUT2D eigenvalue weighted by molar-refractivity contribution is 5.59. The van der Waals surface area contributed by atoms with Crippen molar-refractivity contribution >= 4 is 12.2 Å². The van der Waals surface area contributed by atoms with Gasteiger partial charge < -0.3 is 5.73 Å². The third-order valence-electron chi connectivity index (χ3n) is 2.75. The normalized spacial score (nSPS) is 11.4. The molecular weight excluding hydrogens is 218 g/mol. The van der Waals surface area contributed by atoms with Crippen LogP contribution in [-0.4, -0.2) is 0 Å². The molecule has 2 aromatic carbocycles. The zero-order valence-corrected chi connectivity index (χ0v) is 10.3. The van der Waals surface area contributed by atoms with E-state index in [0.29, 0.717) is 6.54 Å². The quantitative estimate of drug-likeness (QED) is 0.800. The molecule has 0 bridgehead atoms. The van der Waals surface area contributed by atoms with Gasteiger partial charge in [-0.2, -0.15) is 0 Å². The lowest BCUT2D eigenvalue weighted by molar-refractivity contribution is 1.07. The summed E-state index contributed by atoms with van der Waals surface area (Å²) in [5.41, 5.74) is 9.24. The van der Waals surface area contributed by atoms with Crippen LogP contribution in [0.3, 0.4) is 0 Å². The van der Waals surface area contributed by atoms with Crippen LogP contribution in [0.4, 0.5) is 0 Å². The molecule has 0 amide bonds. The minimum Gasteiger partial charge on any atom is -0.326 e. The van der Waals surface area contributed by atoms with E-state index in [1.54, 1.807) is 0 Å². The van der Waals surface area contributed by atoms with Gasteiger partial charge in [-0.3, -0.25) is 0 Å². The number of allylic oxidation sites excluding steroid dienone is 2. The second kappa shape index (κ2) is 6.58. The van der Waals surface area contributed by atoms with E-state index in [2.05, 4.69) is 36.4 Å². The maximum absolute atomic E-state index is 5.69. The summed E-state index contributed by atoms with van der Waals surface area (Å²) in [5.74, 6) is 0. The predicted molar refractivity (Wildman–Crippen MR) is 78.8 cm³/mol. The Kier molecular flexibility index (Phi) is 4.51. The first-order valence-corrected chi connectivity index (χ1v) is 6.08. The van der Waals surface area contributed by atoms with E-state index in [0.717, 1.165) is 0 Å². The molecule has 0 saturated carbocycles. The Balaban J connectivity index is 2.06. The maximum Gasteiger partial charge on any atom is 0.0184 e. The summed E-state index contributed by atoms with van der Waals surface area (Å²) in [4.78, 5) is 0. The van der Waals surface area contributed by atoms with Gasteiger partial charge in [0, 0.05) is 6.54 Å². The Morgan fingerprint density at radius 1 is 0.778 bits per heavy atom. The number of nitrogens with two attached hydrogens (primary N) is 1. The summed E-state index contributed by atoms with van der Waals surface area (Å²) in [6.07, 6.45) is 8.26. The van der Waals surface area contributed by atoms with Crippen LogP contribution in [0.1, 0.15) is 16.7 Å². The molecule has 0 fully saturated rings. The Hall–Kier alpha value is -2.12. The molecule has 1 nitrogen and oxygen atoms in total. The molecule has 1 heteroatoms. The van der Waals surface area contributed by atoms with Gasteiger partial charge in [0.1, 0.15) is 0 Å². The first-order chi connectivity index (χ1) is 8.90. The second-order valence-electron chi connectivity index (χ2n) is 4.03. The first kappa shape index (κ1) is 12.3. The van der Waals surface area contributed by atoms with Gasteiger partial charge in [0.25, 0.3) is 0 Å². The molecule has 0 spiro atoms. The van der Waals surface area contributed by atoms with E-state index >= 15 is 0 Å². The third kappa shape index (κ3) is 3.44. The minimum atomic E-state index is 0.572. The SMILES string of the molecule is NCc1ccccc1/C=C/C=C\c1ccccc1. The standard InChI is InChI=1S/C17H17N/c18-14-17-13-7-6-12-16(17)11-5-4-10-15-8-2-1-3-9-15/h1-13H,14,18H2/b10-4-,11-5+. The summed E-state index contributed by atoms with van der Waals surface area (Å²) in [6.45, 7) is 0.572. The maximum atomic E-state index is 5.69. The smallest absolute Gasteiger partial charge is 0.0184 e. The van der Waals surface area contributed by atoms with Gasteiger partial charge in [-0.05, 0) is 16.7 Å². The molecule has 2 rings (SSSR count). The Labute approximate surface area is 108 Å². The largest absolute Gasteiger partial charge is 0.326 e. The molecule has 90 valence electrons. The van der Waals surface area contributed by atoms with Crippen LogP contribution in [0.2, 0.25) is 0 Å². The molecule has 0 aromatic heterocycles. The highest BCUT2D eigenvalue weighted by atomic mass is 14.5. The number of rotatable bonds is 4. The molecule has 0 unspecified atom stereocenters. The molecular formula is C17H17N. The van der Waals surface area contributed by atoms with Crippen molar-refractivity contribution in [1.29, 1.82) is 0 Å².